The molecule has 0 spiro atoms. The molecule has 7 nitrogen and oxygen atoms in total. The third kappa shape index (κ3) is 4.24. The van der Waals surface area contributed by atoms with Crippen LogP contribution in [0.4, 0.5) is 5.82 Å². The van der Waals surface area contributed by atoms with Crippen LogP contribution in [0.15, 0.2) is 22.8 Å². The van der Waals surface area contributed by atoms with Crippen LogP contribution in [0, 0.1) is 25.2 Å². The van der Waals surface area contributed by atoms with Crippen LogP contribution >= 0.6 is 0 Å². The number of quaternary nitrogens is 1. The molecule has 2 aromatic rings. The van der Waals surface area contributed by atoms with Gasteiger partial charge in [0.2, 0.25) is 0 Å². The van der Waals surface area contributed by atoms with Crippen molar-refractivity contribution < 1.29 is 18.8 Å². The molecule has 1 saturated heterocycles. The van der Waals surface area contributed by atoms with Crippen molar-refractivity contribution in [1.29, 1.82) is 5.26 Å². The third-order valence-corrected chi connectivity index (χ3v) is 5.12. The molecule has 7 heteroatoms. The summed E-state index contributed by atoms with van der Waals surface area (Å²) in [5.74, 6) is 1.22. The van der Waals surface area contributed by atoms with Crippen molar-refractivity contribution in [2.45, 2.75) is 46.4 Å². The van der Waals surface area contributed by atoms with Crippen molar-refractivity contribution in [1.82, 2.24) is 4.57 Å². The predicted molar refractivity (Wildman–Crippen MR) is 101 cm³/mol. The first-order chi connectivity index (χ1) is 12.9. The number of carbonyl (C=O) groups is 1. The van der Waals surface area contributed by atoms with Crippen molar-refractivity contribution in [3.05, 3.63) is 41.0 Å². The van der Waals surface area contributed by atoms with Gasteiger partial charge >= 0.3 is 0 Å². The fourth-order valence-corrected chi connectivity index (χ4v) is 3.82. The summed E-state index contributed by atoms with van der Waals surface area (Å²) in [7, 11) is 0. The molecule has 0 radical (unpaired) electrons. The van der Waals surface area contributed by atoms with Crippen LogP contribution in [-0.2, 0) is 16.1 Å². The number of nitrogens with zero attached hydrogens (tertiary/aromatic N) is 2. The van der Waals surface area contributed by atoms with Gasteiger partial charge in [-0.3, -0.25) is 4.79 Å². The van der Waals surface area contributed by atoms with Crippen LogP contribution in [0.3, 0.4) is 0 Å². The summed E-state index contributed by atoms with van der Waals surface area (Å²) in [6, 6.07) is 5.94. The van der Waals surface area contributed by atoms with Crippen LogP contribution in [0.25, 0.3) is 0 Å². The lowest BCUT2D eigenvalue weighted by molar-refractivity contribution is -0.907. The zero-order valence-corrected chi connectivity index (χ0v) is 16.3. The summed E-state index contributed by atoms with van der Waals surface area (Å²) in [5.41, 5.74) is 2.32. The van der Waals surface area contributed by atoms with Crippen molar-refractivity contribution >= 4 is 11.7 Å². The first-order valence-electron chi connectivity index (χ1n) is 9.30. The van der Waals surface area contributed by atoms with E-state index >= 15 is 0 Å². The molecule has 1 aliphatic heterocycles. The quantitative estimate of drug-likeness (QED) is 0.828. The maximum Gasteiger partial charge on any atom is 0.280 e. The molecule has 3 rings (SSSR count). The van der Waals surface area contributed by atoms with Crippen LogP contribution in [0.1, 0.15) is 36.4 Å². The van der Waals surface area contributed by atoms with Gasteiger partial charge in [-0.2, -0.15) is 5.26 Å². The molecule has 0 aromatic carbocycles. The summed E-state index contributed by atoms with van der Waals surface area (Å²) in [4.78, 5) is 13.9. The van der Waals surface area contributed by atoms with Gasteiger partial charge in [0.1, 0.15) is 42.9 Å². The second kappa shape index (κ2) is 7.99. The lowest BCUT2D eigenvalue weighted by atomic mass is 10.2. The zero-order valence-electron chi connectivity index (χ0n) is 16.3. The molecule has 3 heterocycles. The molecule has 1 fully saturated rings. The van der Waals surface area contributed by atoms with E-state index in [9.17, 15) is 10.1 Å². The van der Waals surface area contributed by atoms with E-state index in [0.717, 1.165) is 30.1 Å². The van der Waals surface area contributed by atoms with Crippen molar-refractivity contribution in [3.63, 3.8) is 0 Å². The molecular weight excluding hydrogens is 344 g/mol. The molecule has 0 unspecified atom stereocenters. The first-order valence-corrected chi connectivity index (χ1v) is 9.30. The number of hydrogen-bond donors (Lipinski definition) is 2. The average molecular weight is 371 g/mol. The molecule has 0 saturated carbocycles. The molecule has 2 N–H and O–H groups in total. The Morgan fingerprint density at radius 2 is 2.07 bits per heavy atom. The van der Waals surface area contributed by atoms with E-state index in [1.807, 2.05) is 44.4 Å². The molecular formula is C20H27N4O3+. The van der Waals surface area contributed by atoms with E-state index in [1.165, 1.54) is 4.90 Å². The van der Waals surface area contributed by atoms with Crippen LogP contribution in [-0.4, -0.2) is 42.3 Å². The predicted octanol–water partition coefficient (Wildman–Crippen LogP) is 1.25. The molecule has 0 aliphatic carbocycles. The number of rotatable bonds is 5. The lowest BCUT2D eigenvalue weighted by Gasteiger charge is -2.31. The van der Waals surface area contributed by atoms with Gasteiger partial charge in [-0.25, -0.2) is 0 Å². The minimum atomic E-state index is -0.0963. The number of carbonyl (C=O) groups excluding carboxylic acids is 1. The van der Waals surface area contributed by atoms with Crippen molar-refractivity contribution in [3.8, 4) is 6.07 Å². The van der Waals surface area contributed by atoms with Gasteiger partial charge in [0, 0.05) is 5.69 Å². The van der Waals surface area contributed by atoms with Gasteiger partial charge in [0.05, 0.1) is 18.4 Å². The molecule has 2 atom stereocenters. The summed E-state index contributed by atoms with van der Waals surface area (Å²) < 4.78 is 13.1. The number of aromatic nitrogens is 1. The molecule has 1 amide bonds. The topological polar surface area (TPSA) is 84.6 Å². The fraction of sp³-hybridized carbons (Fsp3) is 0.500. The number of morpholine rings is 1. The van der Waals surface area contributed by atoms with Crippen molar-refractivity contribution in [2.75, 3.05) is 25.0 Å². The van der Waals surface area contributed by atoms with Gasteiger partial charge in [-0.05, 0) is 45.4 Å². The van der Waals surface area contributed by atoms with Gasteiger partial charge in [0.15, 0.2) is 6.54 Å². The molecule has 27 heavy (non-hydrogen) atoms. The van der Waals surface area contributed by atoms with Crippen LogP contribution in [0.2, 0.25) is 0 Å². The number of hydrogen-bond acceptors (Lipinski definition) is 4. The number of furan rings is 1. The number of ether oxygens (including phenoxy) is 1. The normalized spacial score (nSPS) is 22.4. The summed E-state index contributed by atoms with van der Waals surface area (Å²) in [5, 5.41) is 12.6. The minimum absolute atomic E-state index is 0.0963. The minimum Gasteiger partial charge on any atom is -0.467 e. The number of amides is 1. The zero-order chi connectivity index (χ0) is 19.6. The van der Waals surface area contributed by atoms with Crippen LogP contribution < -0.4 is 10.2 Å². The maximum absolute atomic E-state index is 12.7. The SMILES string of the molecule is Cc1c(C#N)c(NC(=O)C[NH+]2C[C@H](C)O[C@@H](C)C2)n(Cc2ccco2)c1C. The van der Waals surface area contributed by atoms with E-state index in [0.29, 0.717) is 24.5 Å². The van der Waals surface area contributed by atoms with E-state index in [-0.39, 0.29) is 18.1 Å². The van der Waals surface area contributed by atoms with E-state index in [2.05, 4.69) is 11.4 Å². The monoisotopic (exact) mass is 371 g/mol. The standard InChI is InChI=1S/C20H26N4O3/c1-13-9-23(10-14(2)27-13)12-19(25)22-20-18(8-21)15(3)16(4)24(20)11-17-6-5-7-26-17/h5-7,13-14H,9-12H2,1-4H3,(H,22,25)/p+1/t13-,14-/m0/s1. The summed E-state index contributed by atoms with van der Waals surface area (Å²) in [6.45, 7) is 10.3. The second-order valence-corrected chi connectivity index (χ2v) is 7.35. The van der Waals surface area contributed by atoms with E-state index in [1.54, 1.807) is 6.26 Å². The highest BCUT2D eigenvalue weighted by atomic mass is 16.5. The van der Waals surface area contributed by atoms with Crippen molar-refractivity contribution in [2.24, 2.45) is 0 Å². The molecule has 1 aliphatic rings. The Balaban J connectivity index is 1.79. The highest BCUT2D eigenvalue weighted by Gasteiger charge is 2.28. The Labute approximate surface area is 159 Å². The molecule has 144 valence electrons. The number of anilines is 1. The largest absolute Gasteiger partial charge is 0.467 e. The molecule has 2 aromatic heterocycles. The second-order valence-electron chi connectivity index (χ2n) is 7.35. The number of nitrogens with one attached hydrogen (secondary N) is 2. The Kier molecular flexibility index (Phi) is 5.68. The van der Waals surface area contributed by atoms with E-state index < -0.39 is 0 Å². The highest BCUT2D eigenvalue weighted by molar-refractivity contribution is 5.92. The van der Waals surface area contributed by atoms with Crippen LogP contribution in [0.5, 0.6) is 0 Å². The Bertz CT molecular complexity index is 838. The smallest absolute Gasteiger partial charge is 0.280 e. The summed E-state index contributed by atoms with van der Waals surface area (Å²) >= 11 is 0. The third-order valence-electron chi connectivity index (χ3n) is 5.12. The van der Waals surface area contributed by atoms with Gasteiger partial charge in [0.25, 0.3) is 5.91 Å². The maximum atomic E-state index is 12.7. The molecule has 0 bridgehead atoms. The van der Waals surface area contributed by atoms with Gasteiger partial charge < -0.3 is 23.9 Å². The lowest BCUT2D eigenvalue weighted by Crippen LogP contribution is -3.16. The van der Waals surface area contributed by atoms with Gasteiger partial charge in [-0.1, -0.05) is 0 Å². The highest BCUT2D eigenvalue weighted by Crippen LogP contribution is 2.27. The Morgan fingerprint density at radius 3 is 2.67 bits per heavy atom. The Hall–Kier alpha value is -2.56. The summed E-state index contributed by atoms with van der Waals surface area (Å²) in [6.07, 6.45) is 1.89. The first kappa shape index (κ1) is 19.2. The van der Waals surface area contributed by atoms with E-state index in [4.69, 9.17) is 9.15 Å². The fourth-order valence-electron chi connectivity index (χ4n) is 3.82. The number of nitriles is 1. The van der Waals surface area contributed by atoms with Gasteiger partial charge in [-0.15, -0.1) is 0 Å². The average Bonchev–Trinajstić information content (AvgIpc) is 3.17. The Morgan fingerprint density at radius 1 is 1.37 bits per heavy atom.